The molecule has 5 heteroatoms. The molecule has 5 aromatic rings. The third kappa shape index (κ3) is 5.14. The van der Waals surface area contributed by atoms with Crippen molar-refractivity contribution in [1.82, 2.24) is 0 Å². The molecule has 0 atom stereocenters. The first kappa shape index (κ1) is 28.6. The maximum absolute atomic E-state index is 6.30. The van der Waals surface area contributed by atoms with Crippen molar-refractivity contribution in [2.24, 2.45) is 0 Å². The zero-order valence-electron chi connectivity index (χ0n) is 26.9. The topological polar surface area (TPSA) is 34.2 Å². The first-order valence-corrected chi connectivity index (χ1v) is 16.4. The summed E-state index contributed by atoms with van der Waals surface area (Å²) in [6.07, 6.45) is 2.08. The maximum atomic E-state index is 6.30. The monoisotopic (exact) mass is 608 g/mol. The van der Waals surface area contributed by atoms with Gasteiger partial charge in [-0.2, -0.15) is 0 Å². The van der Waals surface area contributed by atoms with Gasteiger partial charge in [-0.05, 0) is 110 Å². The van der Waals surface area contributed by atoms with Crippen molar-refractivity contribution in [3.63, 3.8) is 0 Å². The van der Waals surface area contributed by atoms with Crippen molar-refractivity contribution < 1.29 is 14.2 Å². The molecule has 0 unspecified atom stereocenters. The zero-order valence-corrected chi connectivity index (χ0v) is 26.9. The molecule has 0 N–H and O–H groups in total. The summed E-state index contributed by atoms with van der Waals surface area (Å²) in [6, 6.07) is 37.7. The van der Waals surface area contributed by atoms with Crippen molar-refractivity contribution in [3.05, 3.63) is 148 Å². The summed E-state index contributed by atoms with van der Waals surface area (Å²) in [5, 5.41) is 0. The molecule has 3 aliphatic rings. The highest BCUT2D eigenvalue weighted by molar-refractivity contribution is 5.59. The van der Waals surface area contributed by atoms with E-state index in [1.165, 1.54) is 55.9 Å². The van der Waals surface area contributed by atoms with Gasteiger partial charge in [0.15, 0.2) is 13.5 Å². The fourth-order valence-electron chi connectivity index (χ4n) is 7.12. The smallest absolute Gasteiger partial charge is 0.161 e. The van der Waals surface area contributed by atoms with Gasteiger partial charge >= 0.3 is 0 Å². The van der Waals surface area contributed by atoms with Crippen LogP contribution < -0.4 is 24.0 Å². The van der Waals surface area contributed by atoms with E-state index >= 15 is 0 Å². The molecule has 0 saturated heterocycles. The van der Waals surface area contributed by atoms with Crippen LogP contribution in [0.1, 0.15) is 57.9 Å². The highest BCUT2D eigenvalue weighted by atomic mass is 16.5. The Hall–Kier alpha value is -4.90. The van der Waals surface area contributed by atoms with Gasteiger partial charge in [0.05, 0.1) is 6.61 Å². The van der Waals surface area contributed by atoms with Crippen LogP contribution in [0, 0.1) is 13.8 Å². The number of ether oxygens (including phenoxy) is 3. The van der Waals surface area contributed by atoms with Crippen LogP contribution in [0.15, 0.2) is 103 Å². The van der Waals surface area contributed by atoms with Gasteiger partial charge in [0.2, 0.25) is 0 Å². The Morgan fingerprint density at radius 3 is 1.43 bits per heavy atom. The van der Waals surface area contributed by atoms with E-state index in [9.17, 15) is 0 Å². The van der Waals surface area contributed by atoms with Crippen LogP contribution in [0.25, 0.3) is 0 Å². The number of anilines is 2. The van der Waals surface area contributed by atoms with Gasteiger partial charge in [0, 0.05) is 41.0 Å². The lowest BCUT2D eigenvalue weighted by molar-refractivity contribution is 0.288. The molecule has 232 valence electrons. The standard InChI is InChI=1S/C41H40N2O3/c1-28-6-13-36(14-7-28)42-24-31-22-34(11-18-39(31)45-26-42)41(3,33-10-17-38-30(21-33)5-4-20-44-38)35-12-19-40-32(23-35)25-43(27-46-40)37-15-8-29(2)9-16-37/h6-19,21-23H,4-5,20,24-27H2,1-3H3. The predicted octanol–water partition coefficient (Wildman–Crippen LogP) is 8.70. The van der Waals surface area contributed by atoms with Crippen LogP contribution in [-0.4, -0.2) is 20.1 Å². The number of nitrogens with zero attached hydrogens (tertiary/aromatic N) is 2. The first-order valence-electron chi connectivity index (χ1n) is 16.4. The van der Waals surface area contributed by atoms with E-state index in [1.807, 2.05) is 0 Å². The van der Waals surface area contributed by atoms with E-state index < -0.39 is 5.41 Å². The van der Waals surface area contributed by atoms with Crippen molar-refractivity contribution in [2.75, 3.05) is 29.9 Å². The molecule has 0 bridgehead atoms. The van der Waals surface area contributed by atoms with E-state index in [1.54, 1.807) is 0 Å². The van der Waals surface area contributed by atoms with Crippen molar-refractivity contribution in [1.29, 1.82) is 0 Å². The molecule has 0 spiro atoms. The summed E-state index contributed by atoms with van der Waals surface area (Å²) in [7, 11) is 0. The van der Waals surface area contributed by atoms with E-state index in [4.69, 9.17) is 14.2 Å². The summed E-state index contributed by atoms with van der Waals surface area (Å²) in [5.74, 6) is 2.93. The van der Waals surface area contributed by atoms with Gasteiger partial charge < -0.3 is 24.0 Å². The normalized spacial score (nSPS) is 15.5. The average molecular weight is 609 g/mol. The molecular weight excluding hydrogens is 568 g/mol. The Morgan fingerprint density at radius 1 is 0.522 bits per heavy atom. The van der Waals surface area contributed by atoms with Gasteiger partial charge in [-0.1, -0.05) is 59.7 Å². The fraction of sp³-hybridized carbons (Fsp3) is 0.268. The Morgan fingerprint density at radius 2 is 0.957 bits per heavy atom. The lowest BCUT2D eigenvalue weighted by atomic mass is 9.70. The maximum Gasteiger partial charge on any atom is 0.161 e. The highest BCUT2D eigenvalue weighted by Crippen LogP contribution is 2.44. The van der Waals surface area contributed by atoms with E-state index in [0.717, 1.165) is 49.8 Å². The minimum Gasteiger partial charge on any atom is -0.493 e. The number of rotatable bonds is 5. The van der Waals surface area contributed by atoms with Gasteiger partial charge in [-0.3, -0.25) is 0 Å². The van der Waals surface area contributed by atoms with Gasteiger partial charge in [0.1, 0.15) is 17.2 Å². The van der Waals surface area contributed by atoms with Crippen molar-refractivity contribution >= 4 is 11.4 Å². The van der Waals surface area contributed by atoms with Crippen LogP contribution >= 0.6 is 0 Å². The Balaban J connectivity index is 1.21. The largest absolute Gasteiger partial charge is 0.493 e. The average Bonchev–Trinajstić information content (AvgIpc) is 3.10. The van der Waals surface area contributed by atoms with E-state index in [0.29, 0.717) is 13.5 Å². The molecular formula is C41H40N2O3. The van der Waals surface area contributed by atoms with Crippen LogP contribution in [0.5, 0.6) is 17.2 Å². The number of fused-ring (bicyclic) bond motifs is 3. The van der Waals surface area contributed by atoms with E-state index in [-0.39, 0.29) is 0 Å². The first-order chi connectivity index (χ1) is 22.4. The Labute approximate surface area is 272 Å². The molecule has 3 heterocycles. The molecule has 3 aliphatic heterocycles. The van der Waals surface area contributed by atoms with Crippen LogP contribution in [0.2, 0.25) is 0 Å². The molecule has 0 fully saturated rings. The molecule has 0 amide bonds. The molecule has 46 heavy (non-hydrogen) atoms. The quantitative estimate of drug-likeness (QED) is 0.187. The summed E-state index contributed by atoms with van der Waals surface area (Å²) in [5.41, 5.74) is 11.9. The number of aryl methyl sites for hydroxylation is 3. The zero-order chi connectivity index (χ0) is 31.3. The SMILES string of the molecule is Cc1ccc(N2COc3ccc(C(C)(c4ccc5c(c4)CCCO5)c4ccc5c(c4)CN(c4ccc(C)cc4)CO5)cc3C2)cc1. The van der Waals surface area contributed by atoms with Gasteiger partial charge in [-0.15, -0.1) is 0 Å². The number of benzene rings is 5. The molecule has 8 rings (SSSR count). The fourth-order valence-corrected chi connectivity index (χ4v) is 7.12. The molecule has 0 radical (unpaired) electrons. The van der Waals surface area contributed by atoms with Gasteiger partial charge in [-0.25, -0.2) is 0 Å². The minimum atomic E-state index is -0.422. The summed E-state index contributed by atoms with van der Waals surface area (Å²) in [4.78, 5) is 4.60. The minimum absolute atomic E-state index is 0.422. The van der Waals surface area contributed by atoms with E-state index in [2.05, 4.69) is 134 Å². The molecule has 0 aliphatic carbocycles. The highest BCUT2D eigenvalue weighted by Gasteiger charge is 2.35. The lowest BCUT2D eigenvalue weighted by Crippen LogP contribution is -2.33. The lowest BCUT2D eigenvalue weighted by Gasteiger charge is -2.37. The van der Waals surface area contributed by atoms with Crippen LogP contribution in [0.3, 0.4) is 0 Å². The number of hydrogen-bond donors (Lipinski definition) is 0. The third-order valence-electron chi connectivity index (χ3n) is 10.0. The Bertz CT molecular complexity index is 1790. The van der Waals surface area contributed by atoms with Crippen molar-refractivity contribution in [2.45, 2.75) is 52.1 Å². The van der Waals surface area contributed by atoms with Crippen molar-refractivity contribution in [3.8, 4) is 17.2 Å². The third-order valence-corrected chi connectivity index (χ3v) is 10.0. The molecule has 0 aromatic heterocycles. The molecule has 5 aromatic carbocycles. The van der Waals surface area contributed by atoms with Crippen LogP contribution in [0.4, 0.5) is 11.4 Å². The van der Waals surface area contributed by atoms with Crippen LogP contribution in [-0.2, 0) is 24.9 Å². The summed E-state index contributed by atoms with van der Waals surface area (Å²) in [6.45, 7) is 10.1. The second-order valence-electron chi connectivity index (χ2n) is 13.2. The summed E-state index contributed by atoms with van der Waals surface area (Å²) < 4.78 is 18.6. The summed E-state index contributed by atoms with van der Waals surface area (Å²) >= 11 is 0. The predicted molar refractivity (Wildman–Crippen MR) is 184 cm³/mol. The number of hydrogen-bond acceptors (Lipinski definition) is 5. The molecule has 0 saturated carbocycles. The second kappa shape index (κ2) is 11.5. The molecule has 5 nitrogen and oxygen atoms in total. The Kier molecular flexibility index (Phi) is 7.12. The van der Waals surface area contributed by atoms with Gasteiger partial charge in [0.25, 0.3) is 0 Å². The second-order valence-corrected chi connectivity index (χ2v) is 13.2.